The van der Waals surface area contributed by atoms with Crippen LogP contribution in [0.5, 0.6) is 0 Å². The van der Waals surface area contributed by atoms with E-state index in [-0.39, 0.29) is 0 Å². The fraction of sp³-hybridized carbons (Fsp3) is 0.333. The van der Waals surface area contributed by atoms with Crippen LogP contribution in [0.15, 0.2) is 18.2 Å². The van der Waals surface area contributed by atoms with E-state index in [2.05, 4.69) is 15.7 Å². The smallest absolute Gasteiger partial charge is 0.357 e. The first-order valence-electron chi connectivity index (χ1n) is 6.82. The molecular formula is C15H13NO3S. The molecule has 0 bridgehead atoms. The van der Waals surface area contributed by atoms with Crippen LogP contribution in [0.3, 0.4) is 0 Å². The van der Waals surface area contributed by atoms with Crippen LogP contribution >= 0.6 is 11.3 Å². The number of hydrogen-bond acceptors (Lipinski definition) is 5. The Balaban J connectivity index is 1.84. The van der Waals surface area contributed by atoms with Gasteiger partial charge >= 0.3 is 11.9 Å². The van der Waals surface area contributed by atoms with Crippen LogP contribution in [0.25, 0.3) is 10.1 Å². The standard InChI is InChI=1S/C15H13NO3S/c17-14-12-10-8-9(16-6-2-1-3-7-16)4-5-11(10)20-13(12)15(18)19-14/h4-5,8H,1-3,6-7H2. The minimum Gasteiger partial charge on any atom is -0.385 e. The van der Waals surface area contributed by atoms with Crippen molar-refractivity contribution < 1.29 is 14.3 Å². The zero-order valence-corrected chi connectivity index (χ0v) is 11.7. The summed E-state index contributed by atoms with van der Waals surface area (Å²) in [4.78, 5) is 26.2. The molecule has 1 aromatic carbocycles. The Morgan fingerprint density at radius 2 is 1.85 bits per heavy atom. The van der Waals surface area contributed by atoms with E-state index in [4.69, 9.17) is 0 Å². The maximum atomic E-state index is 11.8. The van der Waals surface area contributed by atoms with E-state index in [0.717, 1.165) is 28.9 Å². The average molecular weight is 287 g/mol. The molecule has 0 unspecified atom stereocenters. The number of cyclic esters (lactones) is 2. The first-order chi connectivity index (χ1) is 9.74. The van der Waals surface area contributed by atoms with E-state index < -0.39 is 11.9 Å². The van der Waals surface area contributed by atoms with Gasteiger partial charge in [0.05, 0.1) is 5.56 Å². The van der Waals surface area contributed by atoms with Crippen LogP contribution < -0.4 is 4.90 Å². The first-order valence-corrected chi connectivity index (χ1v) is 7.64. The molecule has 0 spiro atoms. The predicted octanol–water partition coefficient (Wildman–Crippen LogP) is 3.20. The Hall–Kier alpha value is -1.88. The Kier molecular flexibility index (Phi) is 2.57. The Morgan fingerprint density at radius 1 is 1.05 bits per heavy atom. The van der Waals surface area contributed by atoms with Gasteiger partial charge in [-0.2, -0.15) is 0 Å². The highest BCUT2D eigenvalue weighted by Gasteiger charge is 2.34. The van der Waals surface area contributed by atoms with Crippen molar-refractivity contribution in [3.8, 4) is 0 Å². The molecular weight excluding hydrogens is 274 g/mol. The molecule has 102 valence electrons. The Bertz CT molecular complexity index is 728. The van der Waals surface area contributed by atoms with Crippen LogP contribution in [-0.2, 0) is 4.74 Å². The largest absolute Gasteiger partial charge is 0.385 e. The molecule has 2 aromatic rings. The van der Waals surface area contributed by atoms with Crippen LogP contribution in [0.2, 0.25) is 0 Å². The molecule has 2 aliphatic rings. The number of carbonyl (C=O) groups is 2. The fourth-order valence-corrected chi connectivity index (χ4v) is 4.01. The zero-order valence-electron chi connectivity index (χ0n) is 10.8. The maximum absolute atomic E-state index is 11.8. The first kappa shape index (κ1) is 11.9. The minimum absolute atomic E-state index is 0.445. The molecule has 20 heavy (non-hydrogen) atoms. The lowest BCUT2D eigenvalue weighted by atomic mass is 10.1. The summed E-state index contributed by atoms with van der Waals surface area (Å²) in [5.41, 5.74) is 1.58. The van der Waals surface area contributed by atoms with E-state index in [1.54, 1.807) is 0 Å². The van der Waals surface area contributed by atoms with Gasteiger partial charge in [-0.15, -0.1) is 11.3 Å². The number of fused-ring (bicyclic) bond motifs is 3. The van der Waals surface area contributed by atoms with Gasteiger partial charge in [0.25, 0.3) is 0 Å². The van der Waals surface area contributed by atoms with Crippen LogP contribution in [-0.4, -0.2) is 25.0 Å². The van der Waals surface area contributed by atoms with Crippen LogP contribution in [0, 0.1) is 0 Å². The van der Waals surface area contributed by atoms with E-state index >= 15 is 0 Å². The third-order valence-electron chi connectivity index (χ3n) is 3.97. The molecule has 3 heterocycles. The Morgan fingerprint density at radius 3 is 2.65 bits per heavy atom. The number of ether oxygens (including phenoxy) is 1. The second-order valence-corrected chi connectivity index (χ2v) is 6.26. The van der Waals surface area contributed by atoms with Crippen molar-refractivity contribution >= 4 is 39.0 Å². The third kappa shape index (κ3) is 1.66. The van der Waals surface area contributed by atoms with Crippen molar-refractivity contribution in [3.63, 3.8) is 0 Å². The van der Waals surface area contributed by atoms with Crippen molar-refractivity contribution in [2.75, 3.05) is 18.0 Å². The van der Waals surface area contributed by atoms with E-state index in [1.165, 1.54) is 30.6 Å². The number of esters is 2. The van der Waals surface area contributed by atoms with Crippen molar-refractivity contribution in [2.45, 2.75) is 19.3 Å². The fourth-order valence-electron chi connectivity index (χ4n) is 2.96. The summed E-state index contributed by atoms with van der Waals surface area (Å²) in [6.07, 6.45) is 3.70. The molecule has 1 saturated heterocycles. The average Bonchev–Trinajstić information content (AvgIpc) is 2.98. The molecule has 0 aliphatic carbocycles. The molecule has 2 aliphatic heterocycles. The van der Waals surface area contributed by atoms with Crippen LogP contribution in [0.1, 0.15) is 39.3 Å². The van der Waals surface area contributed by atoms with Gasteiger partial charge in [0.2, 0.25) is 0 Å². The van der Waals surface area contributed by atoms with Gasteiger partial charge in [-0.25, -0.2) is 9.59 Å². The number of hydrogen-bond donors (Lipinski definition) is 0. The van der Waals surface area contributed by atoms with Gasteiger partial charge in [0, 0.05) is 28.9 Å². The van der Waals surface area contributed by atoms with E-state index in [1.807, 2.05) is 12.1 Å². The normalized spacial score (nSPS) is 18.5. The maximum Gasteiger partial charge on any atom is 0.357 e. The van der Waals surface area contributed by atoms with Gasteiger partial charge in [-0.3, -0.25) is 0 Å². The van der Waals surface area contributed by atoms with Gasteiger partial charge in [0.1, 0.15) is 4.88 Å². The second-order valence-electron chi connectivity index (χ2n) is 5.21. The molecule has 5 heteroatoms. The van der Waals surface area contributed by atoms with E-state index in [0.29, 0.717) is 10.4 Å². The highest BCUT2D eigenvalue weighted by molar-refractivity contribution is 7.21. The molecule has 4 rings (SSSR count). The number of piperidine rings is 1. The summed E-state index contributed by atoms with van der Waals surface area (Å²) in [6, 6.07) is 6.10. The summed E-state index contributed by atoms with van der Waals surface area (Å²) in [5, 5.41) is 0.851. The number of rotatable bonds is 1. The predicted molar refractivity (Wildman–Crippen MR) is 77.6 cm³/mol. The minimum atomic E-state index is -0.509. The summed E-state index contributed by atoms with van der Waals surface area (Å²) in [6.45, 7) is 2.11. The van der Waals surface area contributed by atoms with E-state index in [9.17, 15) is 9.59 Å². The summed E-state index contributed by atoms with van der Waals surface area (Å²) < 4.78 is 5.66. The van der Waals surface area contributed by atoms with Gasteiger partial charge in [-0.1, -0.05) is 0 Å². The van der Waals surface area contributed by atoms with Gasteiger partial charge in [-0.05, 0) is 37.5 Å². The summed E-state index contributed by atoms with van der Waals surface area (Å²) >= 11 is 1.34. The quantitative estimate of drug-likeness (QED) is 0.597. The molecule has 0 amide bonds. The molecule has 1 aromatic heterocycles. The molecule has 1 fully saturated rings. The van der Waals surface area contributed by atoms with Crippen molar-refractivity contribution in [2.24, 2.45) is 0 Å². The van der Waals surface area contributed by atoms with Crippen molar-refractivity contribution in [1.82, 2.24) is 0 Å². The van der Waals surface area contributed by atoms with Crippen molar-refractivity contribution in [1.29, 1.82) is 0 Å². The number of carbonyl (C=O) groups excluding carboxylic acids is 2. The third-order valence-corrected chi connectivity index (χ3v) is 5.12. The molecule has 0 saturated carbocycles. The zero-order chi connectivity index (χ0) is 13.7. The number of nitrogens with zero attached hydrogens (tertiary/aromatic N) is 1. The van der Waals surface area contributed by atoms with Gasteiger partial charge < -0.3 is 9.64 Å². The van der Waals surface area contributed by atoms with Gasteiger partial charge in [0.15, 0.2) is 0 Å². The number of benzene rings is 1. The molecule has 0 radical (unpaired) electrons. The lowest BCUT2D eigenvalue weighted by Gasteiger charge is -2.28. The van der Waals surface area contributed by atoms with Crippen molar-refractivity contribution in [3.05, 3.63) is 28.6 Å². The monoisotopic (exact) mass is 287 g/mol. The second kappa shape index (κ2) is 4.31. The lowest BCUT2D eigenvalue weighted by Crippen LogP contribution is -2.29. The highest BCUT2D eigenvalue weighted by Crippen LogP contribution is 2.38. The molecule has 4 nitrogen and oxygen atoms in total. The topological polar surface area (TPSA) is 46.6 Å². The summed E-state index contributed by atoms with van der Waals surface area (Å²) in [7, 11) is 0. The molecule has 0 atom stereocenters. The lowest BCUT2D eigenvalue weighted by molar-refractivity contribution is 0.0446. The number of thiophene rings is 1. The number of anilines is 1. The SMILES string of the molecule is O=C1OC(=O)c2c1sc1ccc(N3CCCCC3)cc21. The molecule has 0 N–H and O–H groups in total. The highest BCUT2D eigenvalue weighted by atomic mass is 32.1. The Labute approximate surface area is 119 Å². The van der Waals surface area contributed by atoms with Crippen LogP contribution in [0.4, 0.5) is 5.69 Å². The summed E-state index contributed by atoms with van der Waals surface area (Å²) in [5.74, 6) is -1.02.